The van der Waals surface area contributed by atoms with Crippen molar-refractivity contribution in [3.05, 3.63) is 58.6 Å². The van der Waals surface area contributed by atoms with Gasteiger partial charge in [0, 0.05) is 17.1 Å². The fraction of sp³-hybridized carbons (Fsp3) is 0.188. The predicted molar refractivity (Wildman–Crippen MR) is 89.4 cm³/mol. The zero-order chi connectivity index (χ0) is 17.7. The predicted octanol–water partition coefficient (Wildman–Crippen LogP) is 1.94. The van der Waals surface area contributed by atoms with Crippen LogP contribution in [-0.2, 0) is 16.5 Å². The second-order valence-corrected chi connectivity index (χ2v) is 6.76. The molecule has 6 nitrogen and oxygen atoms in total. The van der Waals surface area contributed by atoms with Crippen molar-refractivity contribution in [3.63, 3.8) is 0 Å². The van der Waals surface area contributed by atoms with Crippen molar-refractivity contribution in [1.29, 1.82) is 0 Å². The monoisotopic (exact) mass is 368 g/mol. The van der Waals surface area contributed by atoms with E-state index in [0.717, 1.165) is 5.56 Å². The summed E-state index contributed by atoms with van der Waals surface area (Å²) in [5.74, 6) is -0.0467. The number of nitrogens with zero attached hydrogens (tertiary/aromatic N) is 1. The molecule has 0 atom stereocenters. The molecule has 0 aliphatic rings. The van der Waals surface area contributed by atoms with E-state index < -0.39 is 16.0 Å². The van der Waals surface area contributed by atoms with Crippen LogP contribution in [0, 0.1) is 0 Å². The fourth-order valence-corrected chi connectivity index (χ4v) is 2.70. The molecular weight excluding hydrogens is 354 g/mol. The summed E-state index contributed by atoms with van der Waals surface area (Å²) < 4.78 is 35.9. The third-order valence-corrected chi connectivity index (χ3v) is 4.37. The van der Waals surface area contributed by atoms with Crippen LogP contribution in [0.4, 0.5) is 0 Å². The number of rotatable bonds is 6. The molecule has 1 N–H and O–H groups in total. The standard InChI is InChI=1S/C16H16ClNO5S/c1-23-15-7-4-12(17)10-14(15)16(19)18-9-8-11-2-5-13(6-3-11)24(20,21)22/h2-7,10H,8-9H2,1H3,(H,18,19)(H,20,21,22)/p-1. The van der Waals surface area contributed by atoms with Gasteiger partial charge in [-0.25, -0.2) is 0 Å². The van der Waals surface area contributed by atoms with Crippen LogP contribution in [-0.4, -0.2) is 32.5 Å². The first-order valence-corrected chi connectivity index (χ1v) is 8.75. The van der Waals surface area contributed by atoms with Crippen LogP contribution in [0.25, 0.3) is 0 Å². The van der Waals surface area contributed by atoms with Gasteiger partial charge in [0.15, 0.2) is 0 Å². The molecular formula is C16H15ClNO5S-. The van der Waals surface area contributed by atoms with Crippen molar-refractivity contribution >= 4 is 27.6 Å². The lowest BCUT2D eigenvalue weighted by Crippen LogP contribution is -2.20. The number of benzene rings is 2. The van der Waals surface area contributed by atoms with Gasteiger partial charge in [-0.05, 0) is 48.2 Å². The van der Waals surface area contributed by atoms with Crippen LogP contribution in [0.2, 0.25) is 5.02 Å². The third-order valence-electron chi connectivity index (χ3n) is 3.27. The molecule has 2 aromatic carbocycles. The highest BCUT2D eigenvalue weighted by molar-refractivity contribution is 7.85. The molecule has 8 heteroatoms. The minimum absolute atomic E-state index is 0.178. The Labute approximate surface area is 145 Å². The maximum absolute atomic E-state index is 12.1. The van der Waals surface area contributed by atoms with E-state index >= 15 is 0 Å². The van der Waals surface area contributed by atoms with Crippen LogP contribution in [0.1, 0.15) is 11.1 Å². The zero-order valence-electron chi connectivity index (χ0n) is 12.8. The number of hydrogen-bond acceptors (Lipinski definition) is 5. The van der Waals surface area contributed by atoms with Gasteiger partial charge in [0.2, 0.25) is 0 Å². The van der Waals surface area contributed by atoms with Crippen LogP contribution < -0.4 is 9.84 Å². The summed E-state index contributed by atoms with van der Waals surface area (Å²) >= 11 is 5.88. The lowest BCUT2D eigenvalue weighted by molar-refractivity contribution is -0.213. The molecule has 24 heavy (non-hydrogen) atoms. The van der Waals surface area contributed by atoms with Crippen LogP contribution in [0.3, 0.4) is 0 Å². The molecule has 0 bridgehead atoms. The van der Waals surface area contributed by atoms with Gasteiger partial charge in [-0.3, -0.25) is 4.55 Å². The highest BCUT2D eigenvalue weighted by atomic mass is 35.5. The molecule has 0 amide bonds. The van der Waals surface area contributed by atoms with Gasteiger partial charge in [0.05, 0.1) is 12.0 Å². The van der Waals surface area contributed by atoms with Gasteiger partial charge in [-0.15, -0.1) is 0 Å². The van der Waals surface area contributed by atoms with Gasteiger partial charge >= 0.3 is 0 Å². The molecule has 2 rings (SSSR count). The van der Waals surface area contributed by atoms with Crippen molar-refractivity contribution in [2.75, 3.05) is 13.7 Å². The molecule has 0 heterocycles. The van der Waals surface area contributed by atoms with Gasteiger partial charge in [0.1, 0.15) is 5.75 Å². The molecule has 0 aromatic heterocycles. The summed E-state index contributed by atoms with van der Waals surface area (Å²) in [6.45, 7) is 0.222. The molecule has 0 aliphatic heterocycles. The fourth-order valence-electron chi connectivity index (χ4n) is 2.05. The van der Waals surface area contributed by atoms with Crippen LogP contribution in [0.15, 0.2) is 52.4 Å². The van der Waals surface area contributed by atoms with E-state index in [4.69, 9.17) is 20.9 Å². The molecule has 0 aliphatic carbocycles. The number of halogens is 1. The van der Waals surface area contributed by atoms with E-state index in [0.29, 0.717) is 17.2 Å². The summed E-state index contributed by atoms with van der Waals surface area (Å²) in [5, 5.41) is 12.5. The average Bonchev–Trinajstić information content (AvgIpc) is 2.54. The number of aliphatic imine (C=N–C) groups is 1. The number of ether oxygens (including phenoxy) is 1. The van der Waals surface area contributed by atoms with Gasteiger partial charge < -0.3 is 14.8 Å². The zero-order valence-corrected chi connectivity index (χ0v) is 14.3. The highest BCUT2D eigenvalue weighted by Gasteiger charge is 2.08. The van der Waals surface area contributed by atoms with E-state index in [1.807, 2.05) is 0 Å². The smallest absolute Gasteiger partial charge is 0.294 e. The SMILES string of the molecule is COc1ccc(Cl)cc1C([O-])=NCCc1ccc(S(=O)(=O)O)cc1. The Hall–Kier alpha value is -2.09. The lowest BCUT2D eigenvalue weighted by Gasteiger charge is -2.15. The van der Waals surface area contributed by atoms with Crippen molar-refractivity contribution in [3.8, 4) is 5.75 Å². The second-order valence-electron chi connectivity index (χ2n) is 4.90. The van der Waals surface area contributed by atoms with E-state index in [-0.39, 0.29) is 17.0 Å². The van der Waals surface area contributed by atoms with Crippen LogP contribution in [0.5, 0.6) is 5.75 Å². The van der Waals surface area contributed by atoms with Crippen LogP contribution >= 0.6 is 11.6 Å². The Bertz CT molecular complexity index is 847. The largest absolute Gasteiger partial charge is 0.858 e. The van der Waals surface area contributed by atoms with E-state index in [1.54, 1.807) is 24.3 Å². The number of methoxy groups -OCH3 is 1. The summed E-state index contributed by atoms with van der Waals surface area (Å²) in [6.07, 6.45) is 0.445. The lowest BCUT2D eigenvalue weighted by atomic mass is 10.1. The first kappa shape index (κ1) is 18.3. The molecule has 0 spiro atoms. The quantitative estimate of drug-likeness (QED) is 0.477. The Kier molecular flexibility index (Phi) is 5.82. The number of hydrogen-bond donors (Lipinski definition) is 1. The second kappa shape index (κ2) is 7.65. The minimum atomic E-state index is -4.21. The van der Waals surface area contributed by atoms with Crippen molar-refractivity contribution in [2.45, 2.75) is 11.3 Å². The van der Waals surface area contributed by atoms with E-state index in [1.165, 1.54) is 25.3 Å². The van der Waals surface area contributed by atoms with Gasteiger partial charge in [-0.2, -0.15) is 8.42 Å². The normalized spacial score (nSPS) is 12.2. The first-order valence-electron chi connectivity index (χ1n) is 6.93. The Morgan fingerprint density at radius 2 is 1.92 bits per heavy atom. The molecule has 0 unspecified atom stereocenters. The summed E-state index contributed by atoms with van der Waals surface area (Å²) in [6, 6.07) is 10.4. The molecule has 0 fully saturated rings. The van der Waals surface area contributed by atoms with Gasteiger partial charge in [-0.1, -0.05) is 23.7 Å². The topological polar surface area (TPSA) is 99.0 Å². The van der Waals surface area contributed by atoms with Crippen molar-refractivity contribution in [2.24, 2.45) is 4.99 Å². The summed E-state index contributed by atoms with van der Waals surface area (Å²) in [7, 11) is -2.75. The Balaban J connectivity index is 2.07. The third kappa shape index (κ3) is 4.70. The molecule has 128 valence electrons. The maximum atomic E-state index is 12.1. The Morgan fingerprint density at radius 3 is 2.50 bits per heavy atom. The average molecular weight is 369 g/mol. The summed E-state index contributed by atoms with van der Waals surface area (Å²) in [4.78, 5) is 3.79. The van der Waals surface area contributed by atoms with Crippen molar-refractivity contribution < 1.29 is 22.8 Å². The highest BCUT2D eigenvalue weighted by Crippen LogP contribution is 2.22. The molecule has 0 radical (unpaired) electrons. The molecule has 2 aromatic rings. The van der Waals surface area contributed by atoms with E-state index in [9.17, 15) is 13.5 Å². The Morgan fingerprint density at radius 1 is 1.25 bits per heavy atom. The van der Waals surface area contributed by atoms with Crippen molar-refractivity contribution in [1.82, 2.24) is 0 Å². The summed E-state index contributed by atoms with van der Waals surface area (Å²) in [5.41, 5.74) is 1.07. The van der Waals surface area contributed by atoms with Gasteiger partial charge in [0.25, 0.3) is 10.1 Å². The first-order chi connectivity index (χ1) is 11.3. The minimum Gasteiger partial charge on any atom is -0.858 e. The van der Waals surface area contributed by atoms with E-state index in [2.05, 4.69) is 4.99 Å². The maximum Gasteiger partial charge on any atom is 0.294 e. The molecule has 0 saturated heterocycles. The molecule has 0 saturated carbocycles.